The largest absolute Gasteiger partial charge is 0.763 e. The number of hydrogen-bond donors (Lipinski definition) is 0. The van der Waals surface area contributed by atoms with E-state index in [2.05, 4.69) is 22.0 Å². The molecule has 0 aromatic carbocycles. The van der Waals surface area contributed by atoms with Crippen molar-refractivity contribution in [2.75, 3.05) is 6.54 Å². The van der Waals surface area contributed by atoms with Crippen LogP contribution in [-0.2, 0) is 0 Å². The van der Waals surface area contributed by atoms with Crippen LogP contribution in [0.3, 0.4) is 0 Å². The summed E-state index contributed by atoms with van der Waals surface area (Å²) in [4.78, 5) is 6.97. The minimum atomic E-state index is 0.597. The summed E-state index contributed by atoms with van der Waals surface area (Å²) in [7, 11) is 0. The van der Waals surface area contributed by atoms with Crippen molar-refractivity contribution >= 4 is 0 Å². The Bertz CT molecular complexity index is 120. The summed E-state index contributed by atoms with van der Waals surface area (Å²) in [5, 5.41) is 0. The standard InChI is InChI=1S/C3H2N2/c1-2-5-3-4-1/h1H2/q+2. The van der Waals surface area contributed by atoms with Crippen molar-refractivity contribution in [2.24, 2.45) is 0 Å². The van der Waals surface area contributed by atoms with Crippen LogP contribution in [0.1, 0.15) is 0 Å². The van der Waals surface area contributed by atoms with Crippen molar-refractivity contribution in [3.8, 4) is 12.3 Å². The second-order valence-electron chi connectivity index (χ2n) is 0.686. The van der Waals surface area contributed by atoms with E-state index in [-0.39, 0.29) is 0 Å². The first-order valence-electron chi connectivity index (χ1n) is 1.34. The van der Waals surface area contributed by atoms with Gasteiger partial charge in [0.25, 0.3) is 0 Å². The summed E-state index contributed by atoms with van der Waals surface area (Å²) < 4.78 is 0. The van der Waals surface area contributed by atoms with Gasteiger partial charge in [-0.3, -0.25) is 0 Å². The fraction of sp³-hybridized carbons (Fsp3) is 0.333. The van der Waals surface area contributed by atoms with E-state index in [1.54, 1.807) is 0 Å². The Morgan fingerprint density at radius 1 is 1.60 bits per heavy atom. The quantitative estimate of drug-likeness (QED) is 0.289. The van der Waals surface area contributed by atoms with Gasteiger partial charge in [-0.05, 0) is 0 Å². The first kappa shape index (κ1) is 2.23. The summed E-state index contributed by atoms with van der Waals surface area (Å²) in [5.74, 6) is 0. The lowest BCUT2D eigenvalue weighted by atomic mass is 10.8. The van der Waals surface area contributed by atoms with Gasteiger partial charge in [-0.15, -0.1) is 0 Å². The highest BCUT2D eigenvalue weighted by Crippen LogP contribution is 1.75. The maximum atomic E-state index is 3.56. The maximum absolute atomic E-state index is 3.56. The molecule has 0 aromatic heterocycles. The molecule has 0 amide bonds. The van der Waals surface area contributed by atoms with Gasteiger partial charge in [0.1, 0.15) is 4.85 Å². The number of hydrogen-bond acceptors (Lipinski definition) is 0. The molecule has 0 unspecified atom stereocenters. The minimum absolute atomic E-state index is 0.597. The van der Waals surface area contributed by atoms with Crippen molar-refractivity contribution in [1.82, 2.24) is 0 Å². The van der Waals surface area contributed by atoms with Crippen molar-refractivity contribution in [3.63, 3.8) is 0 Å². The third kappa shape index (κ3) is 0.181. The Hall–Kier alpha value is -1.02. The molecule has 0 bridgehead atoms. The van der Waals surface area contributed by atoms with Crippen LogP contribution >= 0.6 is 0 Å². The van der Waals surface area contributed by atoms with E-state index in [1.165, 1.54) is 0 Å². The topological polar surface area (TPSA) is 8.72 Å². The lowest BCUT2D eigenvalue weighted by Crippen LogP contribution is -1.52. The third-order valence-electron chi connectivity index (χ3n) is 0.350. The molecule has 1 heterocycles. The molecular weight excluding hydrogens is 64.0 g/mol. The van der Waals surface area contributed by atoms with Gasteiger partial charge in [-0.1, -0.05) is 0 Å². The van der Waals surface area contributed by atoms with E-state index in [4.69, 9.17) is 0 Å². The summed E-state index contributed by atoms with van der Waals surface area (Å²) in [6, 6.07) is 2.57. The molecule has 0 aliphatic carbocycles. The second-order valence-corrected chi connectivity index (χ2v) is 0.686. The molecule has 1 aliphatic rings. The highest BCUT2D eigenvalue weighted by Gasteiger charge is 2.04. The maximum Gasteiger partial charge on any atom is 0.763 e. The van der Waals surface area contributed by atoms with E-state index in [0.29, 0.717) is 6.54 Å². The Morgan fingerprint density at radius 2 is 2.60 bits per heavy atom. The van der Waals surface area contributed by atoms with E-state index < -0.39 is 0 Å². The second kappa shape index (κ2) is 0.738. The van der Waals surface area contributed by atoms with E-state index in [9.17, 15) is 0 Å². The summed E-state index contributed by atoms with van der Waals surface area (Å²) in [5.41, 5.74) is 0. The predicted molar refractivity (Wildman–Crippen MR) is 19.4 cm³/mol. The van der Waals surface area contributed by atoms with Crippen LogP contribution in [0.4, 0.5) is 0 Å². The Morgan fingerprint density at radius 3 is 2.80 bits per heavy atom. The lowest BCUT2D eigenvalue weighted by molar-refractivity contribution is 1.65. The van der Waals surface area contributed by atoms with Crippen molar-refractivity contribution in [2.45, 2.75) is 0 Å². The molecule has 2 heteroatoms. The molecule has 2 nitrogen and oxygen atoms in total. The van der Waals surface area contributed by atoms with Gasteiger partial charge in [0.2, 0.25) is 0 Å². The molecule has 22 valence electrons. The molecule has 0 spiro atoms. The summed E-state index contributed by atoms with van der Waals surface area (Å²) in [6.07, 6.45) is 2.36. The Labute approximate surface area is 29.7 Å². The van der Waals surface area contributed by atoms with Crippen molar-refractivity contribution in [1.29, 1.82) is 0 Å². The van der Waals surface area contributed by atoms with Gasteiger partial charge in [0.05, 0.1) is 0 Å². The number of nitrogens with zero attached hydrogens (tertiary/aromatic N) is 2. The normalized spacial score (nSPS) is 11.2. The van der Waals surface area contributed by atoms with Gasteiger partial charge in [0, 0.05) is 4.85 Å². The molecule has 0 aromatic rings. The minimum Gasteiger partial charge on any atom is 0.0264 e. The SMILES string of the molecule is C1#[N+]C#[N+]C1. The van der Waals surface area contributed by atoms with Gasteiger partial charge >= 0.3 is 18.8 Å². The van der Waals surface area contributed by atoms with E-state index in [0.717, 1.165) is 0 Å². The molecular formula is C3H2N2+2. The van der Waals surface area contributed by atoms with Crippen LogP contribution in [0.5, 0.6) is 0 Å². The van der Waals surface area contributed by atoms with E-state index >= 15 is 0 Å². The van der Waals surface area contributed by atoms with Crippen LogP contribution in [0.2, 0.25) is 0 Å². The smallest absolute Gasteiger partial charge is 0.0264 e. The Kier molecular flexibility index (Phi) is 0.329. The average Bonchev–Trinajstić information content (AvgIpc) is 1.76. The molecule has 0 saturated heterocycles. The average molecular weight is 66.1 g/mol. The lowest BCUT2D eigenvalue weighted by Gasteiger charge is -1.19. The van der Waals surface area contributed by atoms with Crippen LogP contribution in [-0.4, -0.2) is 6.54 Å². The van der Waals surface area contributed by atoms with Crippen molar-refractivity contribution < 1.29 is 0 Å². The molecule has 5 heavy (non-hydrogen) atoms. The third-order valence-corrected chi connectivity index (χ3v) is 0.350. The van der Waals surface area contributed by atoms with Gasteiger partial charge in [0.15, 0.2) is 0 Å². The molecule has 0 fully saturated rings. The predicted octanol–water partition coefficient (Wildman–Crippen LogP) is 0.623. The van der Waals surface area contributed by atoms with Gasteiger partial charge in [-0.25, -0.2) is 0 Å². The van der Waals surface area contributed by atoms with Gasteiger partial charge < -0.3 is 0 Å². The molecule has 1 aliphatic heterocycles. The molecule has 0 atom stereocenters. The Balaban J connectivity index is 2.94. The molecule has 0 saturated carbocycles. The van der Waals surface area contributed by atoms with Crippen molar-refractivity contribution in [3.05, 3.63) is 9.69 Å². The zero-order valence-corrected chi connectivity index (χ0v) is 2.60. The zero-order valence-electron chi connectivity index (χ0n) is 2.60. The highest BCUT2D eigenvalue weighted by atomic mass is 14.8. The van der Waals surface area contributed by atoms with Gasteiger partial charge in [-0.2, -0.15) is 0 Å². The summed E-state index contributed by atoms with van der Waals surface area (Å²) >= 11 is 0. The molecule has 1 rings (SSSR count). The first-order chi connectivity index (χ1) is 2.50. The van der Waals surface area contributed by atoms with Crippen LogP contribution < -0.4 is 0 Å². The summed E-state index contributed by atoms with van der Waals surface area (Å²) in [6.45, 7) is 0.597. The van der Waals surface area contributed by atoms with E-state index in [1.807, 2.05) is 0 Å². The zero-order chi connectivity index (χ0) is 3.54. The van der Waals surface area contributed by atoms with Crippen LogP contribution in [0.15, 0.2) is 0 Å². The highest BCUT2D eigenvalue weighted by molar-refractivity contribution is 5.15. The molecule has 0 N–H and O–H groups in total. The monoisotopic (exact) mass is 66.0 g/mol. The number of rotatable bonds is 0. The fourth-order valence-electron chi connectivity index (χ4n) is 0.177. The van der Waals surface area contributed by atoms with Crippen LogP contribution in [0.25, 0.3) is 9.69 Å². The molecule has 0 radical (unpaired) electrons. The first-order valence-corrected chi connectivity index (χ1v) is 1.34. The van der Waals surface area contributed by atoms with Crippen LogP contribution in [0, 0.1) is 12.3 Å². The fourth-order valence-corrected chi connectivity index (χ4v) is 0.177.